The Bertz CT molecular complexity index is 1110. The first-order chi connectivity index (χ1) is 15.9. The lowest BCUT2D eigenvalue weighted by molar-refractivity contribution is -0.137. The van der Waals surface area contributed by atoms with Crippen molar-refractivity contribution in [3.63, 3.8) is 0 Å². The first kappa shape index (κ1) is 24.8. The van der Waals surface area contributed by atoms with Gasteiger partial charge in [-0.05, 0) is 50.5 Å². The second-order valence-electron chi connectivity index (χ2n) is 7.97. The van der Waals surface area contributed by atoms with Gasteiger partial charge in [-0.2, -0.15) is 0 Å². The normalized spacial score (nSPS) is 11.9. The minimum absolute atomic E-state index is 0.0445. The van der Waals surface area contributed by atoms with E-state index in [4.69, 9.17) is 14.6 Å². The minimum atomic E-state index is -0.746. The van der Waals surface area contributed by atoms with Crippen LogP contribution in [-0.4, -0.2) is 34.8 Å². The maximum absolute atomic E-state index is 10.6. The molecular formula is C25H30BrN3O4. The highest BCUT2D eigenvalue weighted by Gasteiger charge is 2.15. The molecule has 0 saturated carbocycles. The van der Waals surface area contributed by atoms with Gasteiger partial charge >= 0.3 is 5.97 Å². The number of aromatic nitrogens is 2. The summed E-state index contributed by atoms with van der Waals surface area (Å²) in [4.78, 5) is 19.8. The van der Waals surface area contributed by atoms with Crippen LogP contribution in [0.2, 0.25) is 0 Å². The summed E-state index contributed by atoms with van der Waals surface area (Å²) in [6.07, 6.45) is 3.56. The van der Waals surface area contributed by atoms with Gasteiger partial charge in [0, 0.05) is 22.3 Å². The van der Waals surface area contributed by atoms with E-state index in [1.165, 1.54) is 0 Å². The number of carboxylic acid groups (broad SMARTS) is 1. The summed E-state index contributed by atoms with van der Waals surface area (Å²) in [5.74, 6) is 1.93. The Kier molecular flexibility index (Phi) is 8.88. The molecule has 1 aromatic heterocycles. The predicted octanol–water partition coefficient (Wildman–Crippen LogP) is 6.30. The van der Waals surface area contributed by atoms with Crippen LogP contribution in [0.3, 0.4) is 0 Å². The highest BCUT2D eigenvalue weighted by Crippen LogP contribution is 2.35. The molecule has 0 fully saturated rings. The van der Waals surface area contributed by atoms with Crippen molar-refractivity contribution in [3.05, 3.63) is 52.3 Å². The SMILES string of the molecule is COc1cc2c(N[C@H](C)c3cccc(Br)c3)nc(C)nc2cc1OCCCCCCC(=O)O. The maximum atomic E-state index is 10.6. The highest BCUT2D eigenvalue weighted by atomic mass is 79.9. The lowest BCUT2D eigenvalue weighted by Gasteiger charge is -2.18. The van der Waals surface area contributed by atoms with Gasteiger partial charge in [-0.15, -0.1) is 0 Å². The lowest BCUT2D eigenvalue weighted by Crippen LogP contribution is -2.10. The van der Waals surface area contributed by atoms with Crippen molar-refractivity contribution in [3.8, 4) is 11.5 Å². The van der Waals surface area contributed by atoms with Crippen molar-refractivity contribution >= 4 is 38.6 Å². The van der Waals surface area contributed by atoms with Crippen LogP contribution in [0.4, 0.5) is 5.82 Å². The number of nitrogens with zero attached hydrogens (tertiary/aromatic N) is 2. The number of aliphatic carboxylic acids is 1. The monoisotopic (exact) mass is 515 g/mol. The van der Waals surface area contributed by atoms with Crippen LogP contribution in [-0.2, 0) is 4.79 Å². The van der Waals surface area contributed by atoms with E-state index in [0.717, 1.165) is 46.0 Å². The van der Waals surface area contributed by atoms with E-state index in [-0.39, 0.29) is 12.5 Å². The number of hydrogen-bond acceptors (Lipinski definition) is 6. The van der Waals surface area contributed by atoms with E-state index < -0.39 is 5.97 Å². The zero-order valence-electron chi connectivity index (χ0n) is 19.2. The van der Waals surface area contributed by atoms with Gasteiger partial charge in [0.15, 0.2) is 11.5 Å². The molecule has 7 nitrogen and oxygen atoms in total. The number of hydrogen-bond donors (Lipinski definition) is 2. The topological polar surface area (TPSA) is 93.6 Å². The Labute approximate surface area is 202 Å². The van der Waals surface area contributed by atoms with Crippen molar-refractivity contribution in [1.82, 2.24) is 9.97 Å². The average molecular weight is 516 g/mol. The summed E-state index contributed by atoms with van der Waals surface area (Å²) < 4.78 is 12.6. The molecule has 0 spiro atoms. The number of rotatable bonds is 12. The van der Waals surface area contributed by atoms with E-state index >= 15 is 0 Å². The minimum Gasteiger partial charge on any atom is -0.493 e. The molecule has 0 radical (unpaired) electrons. The fourth-order valence-corrected chi connectivity index (χ4v) is 4.03. The van der Waals surface area contributed by atoms with Gasteiger partial charge in [-0.25, -0.2) is 9.97 Å². The first-order valence-electron chi connectivity index (χ1n) is 11.1. The molecule has 33 heavy (non-hydrogen) atoms. The first-order valence-corrected chi connectivity index (χ1v) is 11.9. The molecule has 176 valence electrons. The van der Waals surface area contributed by atoms with Crippen LogP contribution < -0.4 is 14.8 Å². The number of ether oxygens (including phenoxy) is 2. The summed E-state index contributed by atoms with van der Waals surface area (Å²) >= 11 is 3.53. The molecule has 0 saturated heterocycles. The van der Waals surface area contributed by atoms with Gasteiger partial charge in [0.25, 0.3) is 0 Å². The van der Waals surface area contributed by atoms with E-state index in [2.05, 4.69) is 50.3 Å². The fourth-order valence-electron chi connectivity index (χ4n) is 3.61. The number of fused-ring (bicyclic) bond motifs is 1. The van der Waals surface area contributed by atoms with E-state index in [9.17, 15) is 4.79 Å². The van der Waals surface area contributed by atoms with Crippen molar-refractivity contribution in [2.45, 2.75) is 52.0 Å². The number of methoxy groups -OCH3 is 1. The predicted molar refractivity (Wildman–Crippen MR) is 133 cm³/mol. The molecule has 2 N–H and O–H groups in total. The largest absolute Gasteiger partial charge is 0.493 e. The molecule has 0 unspecified atom stereocenters. The van der Waals surface area contributed by atoms with Crippen LogP contribution in [0.1, 0.15) is 56.5 Å². The molecular weight excluding hydrogens is 486 g/mol. The Morgan fingerprint density at radius 1 is 1.12 bits per heavy atom. The highest BCUT2D eigenvalue weighted by molar-refractivity contribution is 9.10. The van der Waals surface area contributed by atoms with E-state index in [1.54, 1.807) is 7.11 Å². The summed E-state index contributed by atoms with van der Waals surface area (Å²) in [6.45, 7) is 4.50. The third kappa shape index (κ3) is 7.05. The summed E-state index contributed by atoms with van der Waals surface area (Å²) in [5, 5.41) is 13.1. The number of carbonyl (C=O) groups is 1. The molecule has 0 amide bonds. The standard InChI is InChI=1S/C25H30BrN3O4/c1-16(18-9-8-10-19(26)13-18)27-25-20-14-22(32-3)23(15-21(20)28-17(2)29-25)33-12-7-5-4-6-11-24(30)31/h8-10,13-16H,4-7,11-12H2,1-3H3,(H,30,31)(H,27,28,29)/t16-/m1/s1. The molecule has 3 rings (SSSR count). The molecule has 0 aliphatic heterocycles. The molecule has 1 heterocycles. The lowest BCUT2D eigenvalue weighted by atomic mass is 10.1. The van der Waals surface area contributed by atoms with Gasteiger partial charge in [0.2, 0.25) is 0 Å². The van der Waals surface area contributed by atoms with Gasteiger partial charge < -0.3 is 19.9 Å². The second-order valence-corrected chi connectivity index (χ2v) is 8.88. The average Bonchev–Trinajstić information content (AvgIpc) is 2.77. The number of anilines is 1. The number of benzene rings is 2. The molecule has 2 aromatic carbocycles. The Morgan fingerprint density at radius 2 is 1.91 bits per heavy atom. The summed E-state index contributed by atoms with van der Waals surface area (Å²) in [6, 6.07) is 12.0. The van der Waals surface area contributed by atoms with Gasteiger partial charge in [-0.1, -0.05) is 40.9 Å². The Balaban J connectivity index is 1.74. The van der Waals surface area contributed by atoms with Crippen molar-refractivity contribution < 1.29 is 19.4 Å². The van der Waals surface area contributed by atoms with Crippen LogP contribution in [0.15, 0.2) is 40.9 Å². The number of carboxylic acids is 1. The van der Waals surface area contributed by atoms with Crippen molar-refractivity contribution in [2.24, 2.45) is 0 Å². The van der Waals surface area contributed by atoms with Crippen LogP contribution >= 0.6 is 15.9 Å². The second kappa shape index (κ2) is 11.8. The Hall–Kier alpha value is -2.87. The van der Waals surface area contributed by atoms with Crippen molar-refractivity contribution in [1.29, 1.82) is 0 Å². The smallest absolute Gasteiger partial charge is 0.303 e. The number of halogens is 1. The number of unbranched alkanes of at least 4 members (excludes halogenated alkanes) is 3. The summed E-state index contributed by atoms with van der Waals surface area (Å²) in [7, 11) is 1.62. The molecule has 3 aromatic rings. The van der Waals surface area contributed by atoms with E-state index in [1.807, 2.05) is 31.2 Å². The zero-order chi connectivity index (χ0) is 23.8. The van der Waals surface area contributed by atoms with Gasteiger partial charge in [0.05, 0.1) is 25.3 Å². The third-order valence-electron chi connectivity index (χ3n) is 5.34. The summed E-state index contributed by atoms with van der Waals surface area (Å²) in [5.41, 5.74) is 1.92. The maximum Gasteiger partial charge on any atom is 0.303 e. The molecule has 8 heteroatoms. The van der Waals surface area contributed by atoms with Crippen molar-refractivity contribution in [2.75, 3.05) is 19.0 Å². The quantitative estimate of drug-likeness (QED) is 0.273. The molecule has 1 atom stereocenters. The number of aryl methyl sites for hydroxylation is 1. The molecule has 0 bridgehead atoms. The molecule has 0 aliphatic rings. The van der Waals surface area contributed by atoms with E-state index in [0.29, 0.717) is 30.4 Å². The van der Waals surface area contributed by atoms with Crippen LogP contribution in [0, 0.1) is 6.92 Å². The van der Waals surface area contributed by atoms with Gasteiger partial charge in [0.1, 0.15) is 11.6 Å². The van der Waals surface area contributed by atoms with Crippen LogP contribution in [0.5, 0.6) is 11.5 Å². The fraction of sp³-hybridized carbons (Fsp3) is 0.400. The zero-order valence-corrected chi connectivity index (χ0v) is 20.8. The third-order valence-corrected chi connectivity index (χ3v) is 5.83. The Morgan fingerprint density at radius 3 is 2.64 bits per heavy atom. The number of nitrogens with one attached hydrogen (secondary N) is 1. The molecule has 0 aliphatic carbocycles. The van der Waals surface area contributed by atoms with Crippen LogP contribution in [0.25, 0.3) is 10.9 Å². The van der Waals surface area contributed by atoms with Gasteiger partial charge in [-0.3, -0.25) is 4.79 Å².